The monoisotopic (exact) mass is 277 g/mol. The van der Waals surface area contributed by atoms with Crippen LogP contribution in [0.4, 0.5) is 0 Å². The van der Waals surface area contributed by atoms with Gasteiger partial charge in [-0.25, -0.2) is 0 Å². The van der Waals surface area contributed by atoms with Crippen LogP contribution in [-0.2, 0) is 10.2 Å². The zero-order valence-electron chi connectivity index (χ0n) is 12.4. The molecule has 0 heterocycles. The second-order valence-corrected chi connectivity index (χ2v) is 5.90. The van der Waals surface area contributed by atoms with Crippen LogP contribution in [-0.4, -0.2) is 23.5 Å². The van der Waals surface area contributed by atoms with Crippen LogP contribution in [0.3, 0.4) is 0 Å². The molecule has 1 amide bonds. The number of carboxylic acids is 1. The van der Waals surface area contributed by atoms with E-state index in [1.807, 2.05) is 24.3 Å². The summed E-state index contributed by atoms with van der Waals surface area (Å²) >= 11 is 0. The minimum Gasteiger partial charge on any atom is -0.481 e. The quantitative estimate of drug-likeness (QED) is 0.786. The van der Waals surface area contributed by atoms with Gasteiger partial charge in [-0.15, -0.1) is 0 Å². The van der Waals surface area contributed by atoms with Gasteiger partial charge in [0.1, 0.15) is 0 Å². The van der Waals surface area contributed by atoms with Crippen molar-refractivity contribution in [2.75, 3.05) is 6.54 Å². The van der Waals surface area contributed by atoms with E-state index >= 15 is 0 Å². The van der Waals surface area contributed by atoms with E-state index in [1.54, 1.807) is 0 Å². The number of carbonyl (C=O) groups is 2. The van der Waals surface area contributed by atoms with Gasteiger partial charge in [0.25, 0.3) is 5.91 Å². The van der Waals surface area contributed by atoms with Gasteiger partial charge < -0.3 is 10.4 Å². The molecular formula is C16H23NO3. The third-order valence-corrected chi connectivity index (χ3v) is 3.08. The van der Waals surface area contributed by atoms with Crippen molar-refractivity contribution in [3.63, 3.8) is 0 Å². The molecule has 1 aromatic rings. The smallest absolute Gasteiger partial charge is 0.303 e. The van der Waals surface area contributed by atoms with Gasteiger partial charge >= 0.3 is 5.97 Å². The SMILES string of the molecule is CC(C)(C)c1ccccc1C(=O)NCCCCC(=O)O. The number of unbranched alkanes of at least 4 members (excludes halogenated alkanes) is 1. The van der Waals surface area contributed by atoms with E-state index in [2.05, 4.69) is 26.1 Å². The summed E-state index contributed by atoms with van der Waals surface area (Å²) in [6.07, 6.45) is 1.40. The predicted molar refractivity (Wildman–Crippen MR) is 79.0 cm³/mol. The summed E-state index contributed by atoms with van der Waals surface area (Å²) in [5.74, 6) is -0.889. The molecule has 2 N–H and O–H groups in total. The number of hydrogen-bond donors (Lipinski definition) is 2. The summed E-state index contributed by atoms with van der Waals surface area (Å²) in [7, 11) is 0. The minimum atomic E-state index is -0.797. The summed E-state index contributed by atoms with van der Waals surface area (Å²) < 4.78 is 0. The molecule has 0 spiro atoms. The molecule has 0 saturated heterocycles. The molecule has 0 saturated carbocycles. The van der Waals surface area contributed by atoms with Crippen LogP contribution in [0.5, 0.6) is 0 Å². The van der Waals surface area contributed by atoms with E-state index < -0.39 is 5.97 Å². The Morgan fingerprint density at radius 3 is 2.40 bits per heavy atom. The number of aliphatic carboxylic acids is 1. The Balaban J connectivity index is 2.58. The van der Waals surface area contributed by atoms with Crippen molar-refractivity contribution >= 4 is 11.9 Å². The standard InChI is InChI=1S/C16H23NO3/c1-16(2,3)13-9-5-4-8-12(13)15(20)17-11-7-6-10-14(18)19/h4-5,8-9H,6-7,10-11H2,1-3H3,(H,17,20)(H,18,19). The Kier molecular flexibility index (Phi) is 5.74. The summed E-state index contributed by atoms with van der Waals surface area (Å²) in [5.41, 5.74) is 1.62. The van der Waals surface area contributed by atoms with Crippen molar-refractivity contribution in [3.05, 3.63) is 35.4 Å². The molecule has 0 radical (unpaired) electrons. The molecule has 110 valence electrons. The second-order valence-electron chi connectivity index (χ2n) is 5.90. The molecule has 20 heavy (non-hydrogen) atoms. The summed E-state index contributed by atoms with van der Waals surface area (Å²) in [6.45, 7) is 6.73. The van der Waals surface area contributed by atoms with Crippen molar-refractivity contribution in [1.82, 2.24) is 5.32 Å². The molecule has 0 aliphatic rings. The molecule has 0 fully saturated rings. The number of amides is 1. The Bertz CT molecular complexity index is 475. The third kappa shape index (κ3) is 5.03. The molecule has 0 unspecified atom stereocenters. The van der Waals surface area contributed by atoms with Gasteiger partial charge in [-0.3, -0.25) is 9.59 Å². The van der Waals surface area contributed by atoms with Crippen molar-refractivity contribution in [2.24, 2.45) is 0 Å². The molecule has 0 atom stereocenters. The van der Waals surface area contributed by atoms with Gasteiger partial charge in [0, 0.05) is 18.5 Å². The van der Waals surface area contributed by atoms with Gasteiger partial charge in [-0.05, 0) is 29.9 Å². The number of hydrogen-bond acceptors (Lipinski definition) is 2. The molecule has 1 aromatic carbocycles. The predicted octanol–water partition coefficient (Wildman–Crippen LogP) is 2.97. The van der Waals surface area contributed by atoms with Crippen LogP contribution >= 0.6 is 0 Å². The summed E-state index contributed by atoms with van der Waals surface area (Å²) in [6, 6.07) is 7.59. The van der Waals surface area contributed by atoms with E-state index in [0.717, 1.165) is 5.56 Å². The molecule has 4 nitrogen and oxygen atoms in total. The van der Waals surface area contributed by atoms with Crippen LogP contribution in [0.2, 0.25) is 0 Å². The second kappa shape index (κ2) is 7.08. The maximum Gasteiger partial charge on any atom is 0.303 e. The topological polar surface area (TPSA) is 66.4 Å². The van der Waals surface area contributed by atoms with E-state index in [0.29, 0.717) is 24.9 Å². The van der Waals surface area contributed by atoms with Crippen LogP contribution in [0.1, 0.15) is 56.0 Å². The van der Waals surface area contributed by atoms with Gasteiger partial charge in [0.2, 0.25) is 0 Å². The first kappa shape index (κ1) is 16.2. The largest absolute Gasteiger partial charge is 0.481 e. The molecule has 0 aliphatic carbocycles. The lowest BCUT2D eigenvalue weighted by molar-refractivity contribution is -0.137. The van der Waals surface area contributed by atoms with Crippen LogP contribution in [0.15, 0.2) is 24.3 Å². The first-order valence-corrected chi connectivity index (χ1v) is 6.92. The normalized spacial score (nSPS) is 11.2. The number of carboxylic acid groups (broad SMARTS) is 1. The first-order valence-electron chi connectivity index (χ1n) is 6.92. The zero-order chi connectivity index (χ0) is 15.2. The Morgan fingerprint density at radius 1 is 1.15 bits per heavy atom. The molecule has 0 aromatic heterocycles. The molecular weight excluding hydrogens is 254 g/mol. The maximum atomic E-state index is 12.2. The fourth-order valence-corrected chi connectivity index (χ4v) is 2.03. The Morgan fingerprint density at radius 2 is 1.80 bits per heavy atom. The van der Waals surface area contributed by atoms with Crippen LogP contribution in [0, 0.1) is 0 Å². The maximum absolute atomic E-state index is 12.2. The fourth-order valence-electron chi connectivity index (χ4n) is 2.03. The minimum absolute atomic E-state index is 0.0861. The van der Waals surface area contributed by atoms with Crippen molar-refractivity contribution in [2.45, 2.75) is 45.4 Å². The highest BCUT2D eigenvalue weighted by atomic mass is 16.4. The lowest BCUT2D eigenvalue weighted by atomic mass is 9.83. The third-order valence-electron chi connectivity index (χ3n) is 3.08. The highest BCUT2D eigenvalue weighted by Crippen LogP contribution is 2.25. The van der Waals surface area contributed by atoms with Crippen molar-refractivity contribution < 1.29 is 14.7 Å². The Labute approximate surface area is 120 Å². The van der Waals surface area contributed by atoms with Crippen LogP contribution < -0.4 is 5.32 Å². The van der Waals surface area contributed by atoms with Gasteiger partial charge in [0.05, 0.1) is 0 Å². The zero-order valence-corrected chi connectivity index (χ0v) is 12.4. The first-order chi connectivity index (χ1) is 9.32. The fraction of sp³-hybridized carbons (Fsp3) is 0.500. The van der Waals surface area contributed by atoms with Crippen molar-refractivity contribution in [1.29, 1.82) is 0 Å². The highest BCUT2D eigenvalue weighted by molar-refractivity contribution is 5.96. The highest BCUT2D eigenvalue weighted by Gasteiger charge is 2.20. The average molecular weight is 277 g/mol. The van der Waals surface area contributed by atoms with Crippen molar-refractivity contribution in [3.8, 4) is 0 Å². The van der Waals surface area contributed by atoms with E-state index in [4.69, 9.17) is 5.11 Å². The number of benzene rings is 1. The van der Waals surface area contributed by atoms with Gasteiger partial charge in [-0.2, -0.15) is 0 Å². The molecule has 0 bridgehead atoms. The molecule has 0 aliphatic heterocycles. The number of carbonyl (C=O) groups excluding carboxylic acids is 1. The van der Waals surface area contributed by atoms with Gasteiger partial charge in [-0.1, -0.05) is 39.0 Å². The van der Waals surface area contributed by atoms with Gasteiger partial charge in [0.15, 0.2) is 0 Å². The number of nitrogens with one attached hydrogen (secondary N) is 1. The lowest BCUT2D eigenvalue weighted by Gasteiger charge is -2.22. The van der Waals surface area contributed by atoms with Crippen LogP contribution in [0.25, 0.3) is 0 Å². The number of rotatable bonds is 6. The lowest BCUT2D eigenvalue weighted by Crippen LogP contribution is -2.28. The molecule has 1 rings (SSSR count). The summed E-state index contributed by atoms with van der Waals surface area (Å²) in [5, 5.41) is 11.4. The summed E-state index contributed by atoms with van der Waals surface area (Å²) in [4.78, 5) is 22.6. The molecule has 4 heteroatoms. The van der Waals surface area contributed by atoms with E-state index in [-0.39, 0.29) is 17.7 Å². The Hall–Kier alpha value is -1.84. The average Bonchev–Trinajstić information content (AvgIpc) is 2.36. The van der Waals surface area contributed by atoms with E-state index in [1.165, 1.54) is 0 Å². The van der Waals surface area contributed by atoms with E-state index in [9.17, 15) is 9.59 Å².